The number of rotatable bonds is 0. The predicted octanol–water partition coefficient (Wildman–Crippen LogP) is -1.13. The van der Waals surface area contributed by atoms with Gasteiger partial charge in [0, 0.05) is 0 Å². The van der Waals surface area contributed by atoms with Gasteiger partial charge >= 0.3 is 5.69 Å². The van der Waals surface area contributed by atoms with Crippen molar-refractivity contribution >= 4 is 11.2 Å². The molecule has 2 aromatic heterocycles. The smallest absolute Gasteiger partial charge is 0.300 e. The van der Waals surface area contributed by atoms with E-state index in [4.69, 9.17) is 0 Å². The second kappa shape index (κ2) is 1.41. The number of imidazole rings is 1. The fourth-order valence-electron chi connectivity index (χ4n) is 0.829. The van der Waals surface area contributed by atoms with Crippen LogP contribution in [-0.2, 0) is 0 Å². The van der Waals surface area contributed by atoms with Crippen molar-refractivity contribution in [2.45, 2.75) is 0 Å². The van der Waals surface area contributed by atoms with Gasteiger partial charge in [-0.3, -0.25) is 25.0 Å². The third-order valence-electron chi connectivity index (χ3n) is 1.26. The van der Waals surface area contributed by atoms with Gasteiger partial charge in [-0.15, -0.1) is 0 Å². The first-order valence-electron chi connectivity index (χ1n) is 2.66. The predicted molar refractivity (Wildman–Crippen MR) is 33.9 cm³/mol. The average molecular weight is 140 g/mol. The summed E-state index contributed by atoms with van der Waals surface area (Å²) in [7, 11) is 0. The highest BCUT2D eigenvalue weighted by atomic mass is 16.1. The van der Waals surface area contributed by atoms with Crippen LogP contribution >= 0.6 is 0 Å². The van der Waals surface area contributed by atoms with Crippen LogP contribution < -0.4 is 11.2 Å². The second-order valence-corrected chi connectivity index (χ2v) is 1.91. The van der Waals surface area contributed by atoms with Crippen LogP contribution in [0.4, 0.5) is 0 Å². The van der Waals surface area contributed by atoms with E-state index in [2.05, 4.69) is 20.2 Å². The molecule has 0 aliphatic rings. The topological polar surface area (TPSA) is 97.3 Å². The Morgan fingerprint density at radius 1 is 1.00 bits per heavy atom. The molecule has 0 bridgehead atoms. The summed E-state index contributed by atoms with van der Waals surface area (Å²) in [6.45, 7) is 0. The first-order chi connectivity index (χ1) is 4.77. The number of nitrogens with one attached hydrogen (secondary N) is 4. The molecular weight excluding hydrogens is 136 g/mol. The summed E-state index contributed by atoms with van der Waals surface area (Å²) in [5.74, 6) is 0. The van der Waals surface area contributed by atoms with Crippen molar-refractivity contribution in [3.63, 3.8) is 0 Å². The SMILES string of the molecule is O=c1[nH]c2[nH][nH]c(=O)c2[nH]1. The molecule has 0 aliphatic heterocycles. The summed E-state index contributed by atoms with van der Waals surface area (Å²) in [6, 6.07) is 0. The Morgan fingerprint density at radius 2 is 1.80 bits per heavy atom. The van der Waals surface area contributed by atoms with E-state index in [0.29, 0.717) is 5.65 Å². The van der Waals surface area contributed by atoms with Crippen LogP contribution in [0.25, 0.3) is 11.2 Å². The van der Waals surface area contributed by atoms with Gasteiger partial charge in [0.1, 0.15) is 0 Å². The number of H-pyrrole nitrogens is 4. The number of aromatic nitrogens is 4. The lowest BCUT2D eigenvalue weighted by Gasteiger charge is -1.66. The van der Waals surface area contributed by atoms with Crippen molar-refractivity contribution in [1.82, 2.24) is 20.2 Å². The summed E-state index contributed by atoms with van der Waals surface area (Å²) in [6.07, 6.45) is 0. The minimum atomic E-state index is -0.382. The molecule has 0 saturated carbocycles. The standard InChI is InChI=1S/C4H4N4O2/c9-3-1-2(7-8-3)6-4(10)5-1/h(H4,5,6,7,8,9,10). The zero-order valence-corrected chi connectivity index (χ0v) is 4.82. The lowest BCUT2D eigenvalue weighted by Crippen LogP contribution is -2.05. The molecule has 52 valence electrons. The summed E-state index contributed by atoms with van der Waals surface area (Å²) in [5, 5.41) is 4.79. The Bertz CT molecular complexity index is 455. The van der Waals surface area contributed by atoms with Crippen LogP contribution in [0.1, 0.15) is 0 Å². The van der Waals surface area contributed by atoms with Gasteiger partial charge in [0.2, 0.25) is 0 Å². The molecule has 0 unspecified atom stereocenters. The van der Waals surface area contributed by atoms with Crippen LogP contribution in [-0.4, -0.2) is 20.2 Å². The number of hydrogen-bond donors (Lipinski definition) is 4. The van der Waals surface area contributed by atoms with Crippen molar-refractivity contribution in [3.05, 3.63) is 20.8 Å². The van der Waals surface area contributed by atoms with Crippen molar-refractivity contribution in [2.24, 2.45) is 0 Å². The Morgan fingerprint density at radius 3 is 2.50 bits per heavy atom. The van der Waals surface area contributed by atoms with Crippen molar-refractivity contribution in [3.8, 4) is 0 Å². The van der Waals surface area contributed by atoms with Crippen LogP contribution in [0.15, 0.2) is 9.59 Å². The quantitative estimate of drug-likeness (QED) is 0.372. The zero-order chi connectivity index (χ0) is 7.14. The molecule has 0 radical (unpaired) electrons. The Kier molecular flexibility index (Phi) is 0.717. The minimum Gasteiger partial charge on any atom is -0.300 e. The van der Waals surface area contributed by atoms with Gasteiger partial charge in [0.25, 0.3) is 5.56 Å². The maximum Gasteiger partial charge on any atom is 0.325 e. The van der Waals surface area contributed by atoms with Crippen molar-refractivity contribution in [2.75, 3.05) is 0 Å². The highest BCUT2D eigenvalue weighted by molar-refractivity contribution is 5.67. The Hall–Kier alpha value is -1.72. The van der Waals surface area contributed by atoms with E-state index < -0.39 is 0 Å². The largest absolute Gasteiger partial charge is 0.325 e. The fourth-order valence-corrected chi connectivity index (χ4v) is 0.829. The molecule has 0 spiro atoms. The molecule has 2 heterocycles. The Balaban J connectivity index is 3.18. The molecule has 6 heteroatoms. The normalized spacial score (nSPS) is 10.8. The van der Waals surface area contributed by atoms with Gasteiger partial charge in [-0.1, -0.05) is 0 Å². The van der Waals surface area contributed by atoms with Gasteiger partial charge in [-0.25, -0.2) is 4.79 Å². The lowest BCUT2D eigenvalue weighted by atomic mass is 10.6. The van der Waals surface area contributed by atoms with Crippen LogP contribution in [0.3, 0.4) is 0 Å². The number of aromatic amines is 4. The molecule has 0 atom stereocenters. The summed E-state index contributed by atoms with van der Waals surface area (Å²) in [5.41, 5.74) is -0.0549. The van der Waals surface area contributed by atoms with Gasteiger partial charge in [0.15, 0.2) is 11.2 Å². The third-order valence-corrected chi connectivity index (χ3v) is 1.26. The molecular formula is C4H4N4O2. The van der Waals surface area contributed by atoms with Gasteiger partial charge in [-0.05, 0) is 0 Å². The highest BCUT2D eigenvalue weighted by Crippen LogP contribution is 1.90. The monoisotopic (exact) mass is 140 g/mol. The molecule has 0 aliphatic carbocycles. The summed E-state index contributed by atoms with van der Waals surface area (Å²) >= 11 is 0. The van der Waals surface area contributed by atoms with Crippen LogP contribution in [0.2, 0.25) is 0 Å². The van der Waals surface area contributed by atoms with Crippen LogP contribution in [0, 0.1) is 0 Å². The summed E-state index contributed by atoms with van der Waals surface area (Å²) < 4.78 is 0. The number of fused-ring (bicyclic) bond motifs is 1. The maximum atomic E-state index is 10.7. The average Bonchev–Trinajstić information content (AvgIpc) is 2.35. The molecule has 0 amide bonds. The van der Waals surface area contributed by atoms with E-state index in [1.807, 2.05) is 0 Å². The molecule has 0 fully saturated rings. The molecule has 6 nitrogen and oxygen atoms in total. The van der Waals surface area contributed by atoms with E-state index in [0.717, 1.165) is 0 Å². The van der Waals surface area contributed by atoms with E-state index in [9.17, 15) is 9.59 Å². The maximum absolute atomic E-state index is 10.7. The van der Waals surface area contributed by atoms with Crippen molar-refractivity contribution in [1.29, 1.82) is 0 Å². The molecule has 2 aromatic rings. The Labute approximate surface area is 53.3 Å². The fraction of sp³-hybridized carbons (Fsp3) is 0. The lowest BCUT2D eigenvalue weighted by molar-refractivity contribution is 1.04. The first-order valence-corrected chi connectivity index (χ1v) is 2.66. The van der Waals surface area contributed by atoms with E-state index >= 15 is 0 Å². The summed E-state index contributed by atoms with van der Waals surface area (Å²) in [4.78, 5) is 25.9. The van der Waals surface area contributed by atoms with Gasteiger partial charge < -0.3 is 0 Å². The molecule has 4 N–H and O–H groups in total. The minimum absolute atomic E-state index is 0.255. The molecule has 0 saturated heterocycles. The van der Waals surface area contributed by atoms with Crippen LogP contribution in [0.5, 0.6) is 0 Å². The molecule has 10 heavy (non-hydrogen) atoms. The van der Waals surface area contributed by atoms with E-state index in [1.54, 1.807) is 0 Å². The highest BCUT2D eigenvalue weighted by Gasteiger charge is 2.01. The third kappa shape index (κ3) is 0.471. The number of hydrogen-bond acceptors (Lipinski definition) is 2. The molecule has 0 aromatic carbocycles. The molecule has 2 rings (SSSR count). The van der Waals surface area contributed by atoms with Crippen molar-refractivity contribution < 1.29 is 0 Å². The zero-order valence-electron chi connectivity index (χ0n) is 4.82. The van der Waals surface area contributed by atoms with Gasteiger partial charge in [0.05, 0.1) is 0 Å². The first kappa shape index (κ1) is 5.10. The van der Waals surface area contributed by atoms with Gasteiger partial charge in [-0.2, -0.15) is 0 Å². The second-order valence-electron chi connectivity index (χ2n) is 1.91. The van der Waals surface area contributed by atoms with E-state index in [1.165, 1.54) is 0 Å². The van der Waals surface area contributed by atoms with E-state index in [-0.39, 0.29) is 16.8 Å².